The Labute approximate surface area is 133 Å². The summed E-state index contributed by atoms with van der Waals surface area (Å²) in [5.74, 6) is 0. The van der Waals surface area contributed by atoms with Gasteiger partial charge in [0.05, 0.1) is 11.3 Å². The molecule has 0 aromatic carbocycles. The van der Waals surface area contributed by atoms with Crippen LogP contribution in [0.25, 0.3) is 0 Å². The molecule has 0 amide bonds. The second kappa shape index (κ2) is 5.89. The van der Waals surface area contributed by atoms with Crippen molar-refractivity contribution in [1.29, 1.82) is 0 Å². The topological polar surface area (TPSA) is 45.4 Å². The Kier molecular flexibility index (Phi) is 4.54. The van der Waals surface area contributed by atoms with Gasteiger partial charge in [-0.1, -0.05) is 12.2 Å². The molecule has 2 N–H and O–H groups in total. The molecule has 1 aliphatic rings. The van der Waals surface area contributed by atoms with Crippen molar-refractivity contribution in [1.82, 2.24) is 9.88 Å². The van der Waals surface area contributed by atoms with Crippen molar-refractivity contribution in [3.05, 3.63) is 23.0 Å². The predicted molar refractivity (Wildman–Crippen MR) is 93.1 cm³/mol. The quantitative estimate of drug-likeness (QED) is 0.846. The van der Waals surface area contributed by atoms with Crippen molar-refractivity contribution >= 4 is 22.9 Å². The summed E-state index contributed by atoms with van der Waals surface area (Å²) in [6, 6.07) is 2.09. The number of nitrogens with two attached hydrogens (primary N) is 1. The van der Waals surface area contributed by atoms with Crippen molar-refractivity contribution in [2.75, 3.05) is 32.6 Å². The highest BCUT2D eigenvalue weighted by molar-refractivity contribution is 7.80. The number of aryl methyl sites for hydroxylation is 2. The third-order valence-electron chi connectivity index (χ3n) is 4.73. The van der Waals surface area contributed by atoms with Crippen LogP contribution < -0.4 is 10.6 Å². The Morgan fingerprint density at radius 2 is 1.95 bits per heavy atom. The summed E-state index contributed by atoms with van der Waals surface area (Å²) in [5, 5.41) is 0. The van der Waals surface area contributed by atoms with Crippen LogP contribution in [0.1, 0.15) is 36.2 Å². The van der Waals surface area contributed by atoms with Gasteiger partial charge in [-0.05, 0) is 53.3 Å². The zero-order valence-electron chi connectivity index (χ0n) is 13.7. The summed E-state index contributed by atoms with van der Waals surface area (Å²) >= 11 is 5.24. The van der Waals surface area contributed by atoms with Crippen LogP contribution >= 0.6 is 12.2 Å². The Bertz CT molecular complexity index is 549. The van der Waals surface area contributed by atoms with E-state index in [4.69, 9.17) is 18.0 Å². The fourth-order valence-electron chi connectivity index (χ4n) is 3.27. The summed E-state index contributed by atoms with van der Waals surface area (Å²) in [6.45, 7) is 4.97. The Hall–Kier alpha value is -1.20. The van der Waals surface area contributed by atoms with E-state index in [9.17, 15) is 0 Å². The second-order valence-corrected chi connectivity index (χ2v) is 6.88. The predicted octanol–water partition coefficient (Wildman–Crippen LogP) is 2.25. The van der Waals surface area contributed by atoms with Gasteiger partial charge in [0.15, 0.2) is 0 Å². The lowest BCUT2D eigenvalue weighted by molar-refractivity contribution is 0.0683. The summed E-state index contributed by atoms with van der Waals surface area (Å²) in [6.07, 6.45) is 3.80. The number of likely N-dealkylation sites (N-methyl/N-ethyl adjacent to an activating group) is 2. The summed E-state index contributed by atoms with van der Waals surface area (Å²) in [7, 11) is 6.47. The lowest BCUT2D eigenvalue weighted by atomic mass is 9.75. The minimum absolute atomic E-state index is 0.271. The SMILES string of the molecule is Cc1cc(N(C)CC2(N(C)C)CCC2)c(C(N)=S)c(C)n1. The van der Waals surface area contributed by atoms with E-state index in [1.54, 1.807) is 0 Å². The molecule has 0 bridgehead atoms. The van der Waals surface area contributed by atoms with Gasteiger partial charge in [-0.25, -0.2) is 0 Å². The van der Waals surface area contributed by atoms with Gasteiger partial charge in [0, 0.05) is 30.5 Å². The first-order valence-corrected chi connectivity index (χ1v) is 7.84. The van der Waals surface area contributed by atoms with Gasteiger partial charge in [0.25, 0.3) is 0 Å². The highest BCUT2D eigenvalue weighted by Gasteiger charge is 2.40. The molecule has 4 nitrogen and oxygen atoms in total. The maximum atomic E-state index is 5.93. The van der Waals surface area contributed by atoms with Gasteiger partial charge >= 0.3 is 0 Å². The van der Waals surface area contributed by atoms with Crippen molar-refractivity contribution in [2.24, 2.45) is 5.73 Å². The molecule has 0 spiro atoms. The molecule has 5 heteroatoms. The van der Waals surface area contributed by atoms with Crippen molar-refractivity contribution in [3.8, 4) is 0 Å². The summed E-state index contributed by atoms with van der Waals surface area (Å²) < 4.78 is 0. The average Bonchev–Trinajstić information content (AvgIpc) is 2.31. The van der Waals surface area contributed by atoms with Gasteiger partial charge in [-0.15, -0.1) is 0 Å². The number of pyridine rings is 1. The highest BCUT2D eigenvalue weighted by atomic mass is 32.1. The van der Waals surface area contributed by atoms with Gasteiger partial charge in [0.1, 0.15) is 4.99 Å². The van der Waals surface area contributed by atoms with E-state index in [2.05, 4.69) is 42.0 Å². The normalized spacial score (nSPS) is 16.7. The smallest absolute Gasteiger partial charge is 0.107 e. The number of nitrogens with zero attached hydrogens (tertiary/aromatic N) is 3. The molecule has 0 atom stereocenters. The number of thiocarbonyl (C=S) groups is 1. The zero-order chi connectivity index (χ0) is 15.8. The van der Waals surface area contributed by atoms with E-state index in [1.807, 2.05) is 13.8 Å². The first-order valence-electron chi connectivity index (χ1n) is 7.43. The van der Waals surface area contributed by atoms with Crippen LogP contribution in [-0.2, 0) is 0 Å². The van der Waals surface area contributed by atoms with E-state index < -0.39 is 0 Å². The van der Waals surface area contributed by atoms with E-state index in [-0.39, 0.29) is 5.54 Å². The zero-order valence-corrected chi connectivity index (χ0v) is 14.5. The van der Waals surface area contributed by atoms with Crippen LogP contribution in [0.15, 0.2) is 6.07 Å². The van der Waals surface area contributed by atoms with Crippen molar-refractivity contribution in [3.63, 3.8) is 0 Å². The van der Waals surface area contributed by atoms with Gasteiger partial charge in [-0.2, -0.15) is 0 Å². The maximum Gasteiger partial charge on any atom is 0.107 e. The lowest BCUT2D eigenvalue weighted by Gasteiger charge is -2.49. The van der Waals surface area contributed by atoms with Crippen molar-refractivity contribution in [2.45, 2.75) is 38.6 Å². The summed E-state index contributed by atoms with van der Waals surface area (Å²) in [4.78, 5) is 9.57. The van der Waals surface area contributed by atoms with E-state index in [0.29, 0.717) is 4.99 Å². The Morgan fingerprint density at radius 3 is 2.38 bits per heavy atom. The van der Waals surface area contributed by atoms with E-state index in [1.165, 1.54) is 19.3 Å². The molecule has 21 heavy (non-hydrogen) atoms. The third-order valence-corrected chi connectivity index (χ3v) is 4.93. The molecule has 0 radical (unpaired) electrons. The number of aromatic nitrogens is 1. The van der Waals surface area contributed by atoms with Crippen LogP contribution in [0, 0.1) is 13.8 Å². The highest BCUT2D eigenvalue weighted by Crippen LogP contribution is 2.38. The van der Waals surface area contributed by atoms with E-state index >= 15 is 0 Å². The van der Waals surface area contributed by atoms with Crippen molar-refractivity contribution < 1.29 is 0 Å². The second-order valence-electron chi connectivity index (χ2n) is 6.44. The average molecular weight is 306 g/mol. The Balaban J connectivity index is 2.35. The number of hydrogen-bond donors (Lipinski definition) is 1. The molecule has 2 rings (SSSR count). The van der Waals surface area contributed by atoms with Gasteiger partial charge in [-0.3, -0.25) is 4.98 Å². The molecule has 1 aliphatic carbocycles. The van der Waals surface area contributed by atoms with E-state index in [0.717, 1.165) is 29.2 Å². The molecule has 0 unspecified atom stereocenters. The standard InChI is InChI=1S/C16H26N4S/c1-11-9-13(14(15(17)21)12(2)18-11)20(5)10-16(19(3)4)7-6-8-16/h9H,6-8,10H2,1-5H3,(H2,17,21). The largest absolute Gasteiger partial charge is 0.389 e. The van der Waals surface area contributed by atoms with Crippen LogP contribution in [0.5, 0.6) is 0 Å². The number of rotatable bonds is 5. The molecular weight excluding hydrogens is 280 g/mol. The minimum Gasteiger partial charge on any atom is -0.389 e. The van der Waals surface area contributed by atoms with Crippen LogP contribution in [0.3, 0.4) is 0 Å². The summed E-state index contributed by atoms with van der Waals surface area (Å²) in [5.41, 5.74) is 10.1. The van der Waals surface area contributed by atoms with Crippen LogP contribution in [-0.4, -0.2) is 48.1 Å². The fourth-order valence-corrected chi connectivity index (χ4v) is 3.52. The first-order chi connectivity index (χ1) is 9.77. The molecule has 1 saturated carbocycles. The van der Waals surface area contributed by atoms with Crippen LogP contribution in [0.4, 0.5) is 5.69 Å². The van der Waals surface area contributed by atoms with Gasteiger partial charge in [0.2, 0.25) is 0 Å². The maximum absolute atomic E-state index is 5.93. The molecule has 1 aromatic rings. The molecule has 1 heterocycles. The monoisotopic (exact) mass is 306 g/mol. The molecule has 1 aromatic heterocycles. The Morgan fingerprint density at radius 1 is 1.33 bits per heavy atom. The van der Waals surface area contributed by atoms with Gasteiger partial charge < -0.3 is 15.5 Å². The molecule has 0 aliphatic heterocycles. The lowest BCUT2D eigenvalue weighted by Crippen LogP contribution is -2.57. The molecule has 0 saturated heterocycles. The number of anilines is 1. The van der Waals surface area contributed by atoms with Crippen LogP contribution in [0.2, 0.25) is 0 Å². The third kappa shape index (κ3) is 3.04. The molecular formula is C16H26N4S. The minimum atomic E-state index is 0.271. The molecule has 1 fully saturated rings. The molecule has 116 valence electrons. The fraction of sp³-hybridized carbons (Fsp3) is 0.625. The number of hydrogen-bond acceptors (Lipinski definition) is 4. The first kappa shape index (κ1) is 16.2.